The van der Waals surface area contributed by atoms with Crippen LogP contribution in [0.4, 0.5) is 0 Å². The van der Waals surface area contributed by atoms with E-state index >= 15 is 0 Å². The van der Waals surface area contributed by atoms with Crippen molar-refractivity contribution in [3.05, 3.63) is 22.8 Å². The van der Waals surface area contributed by atoms with E-state index in [4.69, 9.17) is 9.47 Å². The number of rotatable bonds is 3. The molecule has 5 nitrogen and oxygen atoms in total. The topological polar surface area (TPSA) is 69.7 Å². The molecule has 2 atom stereocenters. The van der Waals surface area contributed by atoms with Gasteiger partial charge in [-0.2, -0.15) is 0 Å². The number of hydrogen-bond donors (Lipinski definition) is 0. The second kappa shape index (κ2) is 7.92. The van der Waals surface area contributed by atoms with E-state index in [0.29, 0.717) is 11.5 Å². The summed E-state index contributed by atoms with van der Waals surface area (Å²) >= 11 is 0. The Morgan fingerprint density at radius 1 is 1.07 bits per heavy atom. The predicted molar refractivity (Wildman–Crippen MR) is 110 cm³/mol. The Morgan fingerprint density at radius 2 is 1.69 bits per heavy atom. The van der Waals surface area contributed by atoms with Crippen molar-refractivity contribution in [1.82, 2.24) is 0 Å². The first kappa shape index (κ1) is 21.5. The molecule has 3 rings (SSSR count). The van der Waals surface area contributed by atoms with Gasteiger partial charge in [-0.15, -0.1) is 0 Å². The first-order valence-electron chi connectivity index (χ1n) is 10.6. The number of ketones is 1. The van der Waals surface area contributed by atoms with Crippen molar-refractivity contribution in [3.8, 4) is 11.5 Å². The number of carbonyl (C=O) groups is 3. The number of carbonyl (C=O) groups excluding carboxylic acids is 3. The first-order chi connectivity index (χ1) is 13.5. The van der Waals surface area contributed by atoms with Gasteiger partial charge in [0.1, 0.15) is 0 Å². The molecular weight excluding hydrogens is 368 g/mol. The normalized spacial score (nSPS) is 23.1. The SMILES string of the molecule is CC(=O)Oc1c(C(C)C)cc2c(c1OC(C)=O)C(=O)C1CCCC(C)(C)C1CC2. The Bertz CT molecular complexity index is 849. The van der Waals surface area contributed by atoms with Gasteiger partial charge >= 0.3 is 11.9 Å². The van der Waals surface area contributed by atoms with Crippen LogP contribution in [0.25, 0.3) is 0 Å². The molecule has 2 unspecified atom stereocenters. The molecular formula is C24H32O5. The number of benzene rings is 1. The summed E-state index contributed by atoms with van der Waals surface area (Å²) in [6.45, 7) is 11.1. The number of ether oxygens (including phenoxy) is 2. The predicted octanol–water partition coefficient (Wildman–Crippen LogP) is 5.23. The van der Waals surface area contributed by atoms with Crippen LogP contribution in [0.2, 0.25) is 0 Å². The van der Waals surface area contributed by atoms with Crippen molar-refractivity contribution >= 4 is 17.7 Å². The van der Waals surface area contributed by atoms with Crippen LogP contribution in [0.3, 0.4) is 0 Å². The summed E-state index contributed by atoms with van der Waals surface area (Å²) in [7, 11) is 0. The van der Waals surface area contributed by atoms with Crippen LogP contribution in [0.1, 0.15) is 94.6 Å². The minimum atomic E-state index is -0.529. The largest absolute Gasteiger partial charge is 0.422 e. The van der Waals surface area contributed by atoms with Crippen LogP contribution in [0.5, 0.6) is 11.5 Å². The molecule has 1 fully saturated rings. The average molecular weight is 401 g/mol. The second-order valence-corrected chi connectivity index (χ2v) is 9.50. The highest BCUT2D eigenvalue weighted by molar-refractivity contribution is 6.04. The molecule has 29 heavy (non-hydrogen) atoms. The van der Waals surface area contributed by atoms with Crippen molar-refractivity contribution in [3.63, 3.8) is 0 Å². The number of fused-ring (bicyclic) bond motifs is 2. The average Bonchev–Trinajstić information content (AvgIpc) is 2.73. The highest BCUT2D eigenvalue weighted by Crippen LogP contribution is 2.52. The van der Waals surface area contributed by atoms with E-state index in [-0.39, 0.29) is 34.5 Å². The van der Waals surface area contributed by atoms with Gasteiger partial charge in [0, 0.05) is 25.3 Å². The third-order valence-corrected chi connectivity index (χ3v) is 6.59. The lowest BCUT2D eigenvalue weighted by molar-refractivity contribution is -0.134. The summed E-state index contributed by atoms with van der Waals surface area (Å²) < 4.78 is 11.1. The van der Waals surface area contributed by atoms with Crippen molar-refractivity contribution in [2.24, 2.45) is 17.3 Å². The van der Waals surface area contributed by atoms with Gasteiger partial charge in [-0.25, -0.2) is 0 Å². The fourth-order valence-electron chi connectivity index (χ4n) is 5.21. The van der Waals surface area contributed by atoms with E-state index in [2.05, 4.69) is 13.8 Å². The summed E-state index contributed by atoms with van der Waals surface area (Å²) in [5, 5.41) is 0. The number of esters is 2. The van der Waals surface area contributed by atoms with Gasteiger partial charge in [0.05, 0.1) is 5.56 Å². The van der Waals surface area contributed by atoms with Crippen LogP contribution in [-0.2, 0) is 16.0 Å². The van der Waals surface area contributed by atoms with E-state index in [9.17, 15) is 14.4 Å². The third kappa shape index (κ3) is 4.10. The lowest BCUT2D eigenvalue weighted by Crippen LogP contribution is -2.38. The molecule has 0 heterocycles. The Morgan fingerprint density at radius 3 is 2.28 bits per heavy atom. The zero-order valence-electron chi connectivity index (χ0n) is 18.4. The monoisotopic (exact) mass is 400 g/mol. The smallest absolute Gasteiger partial charge is 0.308 e. The molecule has 2 aliphatic carbocycles. The highest BCUT2D eigenvalue weighted by atomic mass is 16.6. The number of hydrogen-bond acceptors (Lipinski definition) is 5. The molecule has 0 aliphatic heterocycles. The molecule has 0 aromatic heterocycles. The van der Waals surface area contributed by atoms with Crippen molar-refractivity contribution in [2.45, 2.75) is 79.6 Å². The number of Topliss-reactive ketones (excluding diaryl/α,β-unsaturated/α-hetero) is 1. The maximum atomic E-state index is 13.7. The van der Waals surface area contributed by atoms with Crippen LogP contribution in [-0.4, -0.2) is 17.7 Å². The lowest BCUT2D eigenvalue weighted by Gasteiger charge is -2.42. The van der Waals surface area contributed by atoms with E-state index in [1.54, 1.807) is 0 Å². The minimum absolute atomic E-state index is 0.0234. The molecule has 0 N–H and O–H groups in total. The molecule has 0 spiro atoms. The summed E-state index contributed by atoms with van der Waals surface area (Å²) in [5.74, 6) is -0.426. The molecule has 1 aromatic rings. The molecule has 0 radical (unpaired) electrons. The highest BCUT2D eigenvalue weighted by Gasteiger charge is 2.45. The standard InChI is InChI=1S/C24H32O5/c1-13(2)18-12-16-9-10-19-17(8-7-11-24(19,5)6)21(27)20(16)23(29-15(4)26)22(18)28-14(3)25/h12-13,17,19H,7-11H2,1-6H3. The van der Waals surface area contributed by atoms with E-state index in [1.807, 2.05) is 19.9 Å². The van der Waals surface area contributed by atoms with Crippen LogP contribution >= 0.6 is 0 Å². The summed E-state index contributed by atoms with van der Waals surface area (Å²) in [4.78, 5) is 37.5. The van der Waals surface area contributed by atoms with Crippen molar-refractivity contribution in [2.75, 3.05) is 0 Å². The Kier molecular flexibility index (Phi) is 5.88. The van der Waals surface area contributed by atoms with Crippen LogP contribution < -0.4 is 9.47 Å². The quantitative estimate of drug-likeness (QED) is 0.513. The Labute approximate surface area is 173 Å². The fourth-order valence-corrected chi connectivity index (χ4v) is 5.21. The molecule has 5 heteroatoms. The van der Waals surface area contributed by atoms with Crippen LogP contribution in [0.15, 0.2) is 6.07 Å². The molecule has 0 bridgehead atoms. The van der Waals surface area contributed by atoms with E-state index < -0.39 is 11.9 Å². The fraction of sp³-hybridized carbons (Fsp3) is 0.625. The Hall–Kier alpha value is -2.17. The maximum absolute atomic E-state index is 13.7. The van der Waals surface area contributed by atoms with Crippen molar-refractivity contribution in [1.29, 1.82) is 0 Å². The van der Waals surface area contributed by atoms with E-state index in [0.717, 1.165) is 43.2 Å². The van der Waals surface area contributed by atoms with Gasteiger partial charge < -0.3 is 9.47 Å². The molecule has 0 saturated heterocycles. The zero-order chi connectivity index (χ0) is 21.5. The second-order valence-electron chi connectivity index (χ2n) is 9.50. The minimum Gasteiger partial charge on any atom is -0.422 e. The van der Waals surface area contributed by atoms with Gasteiger partial charge in [0.15, 0.2) is 17.3 Å². The third-order valence-electron chi connectivity index (χ3n) is 6.59. The first-order valence-corrected chi connectivity index (χ1v) is 10.6. The van der Waals surface area contributed by atoms with Gasteiger partial charge in [-0.3, -0.25) is 14.4 Å². The van der Waals surface area contributed by atoms with Crippen molar-refractivity contribution < 1.29 is 23.9 Å². The van der Waals surface area contributed by atoms with Gasteiger partial charge in [-0.1, -0.05) is 40.2 Å². The van der Waals surface area contributed by atoms with Crippen LogP contribution in [0, 0.1) is 17.3 Å². The summed E-state index contributed by atoms with van der Waals surface area (Å²) in [6.07, 6.45) is 4.66. The van der Waals surface area contributed by atoms with E-state index in [1.165, 1.54) is 13.8 Å². The number of aryl methyl sites for hydroxylation is 1. The summed E-state index contributed by atoms with van der Waals surface area (Å²) in [6, 6.07) is 1.98. The molecule has 0 amide bonds. The molecule has 1 aromatic carbocycles. The van der Waals surface area contributed by atoms with Gasteiger partial charge in [0.2, 0.25) is 0 Å². The summed E-state index contributed by atoms with van der Waals surface area (Å²) in [5.41, 5.74) is 2.22. The Balaban J connectivity index is 2.24. The molecule has 158 valence electrons. The zero-order valence-corrected chi connectivity index (χ0v) is 18.4. The lowest BCUT2D eigenvalue weighted by atomic mass is 9.61. The van der Waals surface area contributed by atoms with Gasteiger partial charge in [-0.05, 0) is 48.5 Å². The maximum Gasteiger partial charge on any atom is 0.308 e. The molecule has 1 saturated carbocycles. The van der Waals surface area contributed by atoms with Gasteiger partial charge in [0.25, 0.3) is 0 Å². The molecule has 2 aliphatic rings.